The number of amides is 2. The Kier molecular flexibility index (Phi) is 11.4. The van der Waals surface area contributed by atoms with Crippen LogP contribution in [0.4, 0.5) is 5.69 Å². The van der Waals surface area contributed by atoms with E-state index in [-0.39, 0.29) is 30.6 Å². The van der Waals surface area contributed by atoms with Gasteiger partial charge in [0, 0.05) is 23.5 Å². The first kappa shape index (κ1) is 32.1. The Bertz CT molecular complexity index is 1450. The minimum absolute atomic E-state index is 0.103. The third kappa shape index (κ3) is 9.06. The van der Waals surface area contributed by atoms with Gasteiger partial charge >= 0.3 is 0 Å². The Balaban J connectivity index is 2.10. The van der Waals surface area contributed by atoms with E-state index >= 15 is 0 Å². The van der Waals surface area contributed by atoms with Crippen molar-refractivity contribution in [1.29, 1.82) is 0 Å². The number of rotatable bonds is 13. The first-order valence-corrected chi connectivity index (χ1v) is 16.1. The number of hydrogen-bond donors (Lipinski definition) is 1. The standard InChI is InChI=1S/C31H38BrN3O5S/c1-6-23(3)33-31(37)28(19-24-11-8-7-9-12-24)34(20-25-13-10-14-26(32)18-25)30(36)21-35(41(5,38)39)27-17-22(2)15-16-29(27)40-4/h7-18,23,28H,6,19-21H2,1-5H3,(H,33,37)/t23-,28+/m0/s1. The van der Waals surface area contributed by atoms with E-state index in [9.17, 15) is 18.0 Å². The molecule has 220 valence electrons. The zero-order chi connectivity index (χ0) is 30.2. The Morgan fingerprint density at radius 3 is 2.29 bits per heavy atom. The minimum Gasteiger partial charge on any atom is -0.495 e. The number of benzene rings is 3. The smallest absolute Gasteiger partial charge is 0.244 e. The Hall–Kier alpha value is -3.37. The average Bonchev–Trinajstić information content (AvgIpc) is 2.93. The lowest BCUT2D eigenvalue weighted by molar-refractivity contribution is -0.140. The molecule has 0 aromatic heterocycles. The van der Waals surface area contributed by atoms with Gasteiger partial charge in [-0.15, -0.1) is 0 Å². The van der Waals surface area contributed by atoms with Crippen LogP contribution in [0.5, 0.6) is 5.75 Å². The third-order valence-electron chi connectivity index (χ3n) is 6.80. The number of carbonyl (C=O) groups excluding carboxylic acids is 2. The molecule has 41 heavy (non-hydrogen) atoms. The van der Waals surface area contributed by atoms with E-state index in [1.165, 1.54) is 12.0 Å². The highest BCUT2D eigenvalue weighted by Gasteiger charge is 2.34. The predicted octanol–water partition coefficient (Wildman–Crippen LogP) is 5.09. The highest BCUT2D eigenvalue weighted by atomic mass is 79.9. The normalized spacial score (nSPS) is 12.7. The van der Waals surface area contributed by atoms with Gasteiger partial charge < -0.3 is 15.0 Å². The van der Waals surface area contributed by atoms with Gasteiger partial charge in [0.1, 0.15) is 18.3 Å². The number of anilines is 1. The van der Waals surface area contributed by atoms with Gasteiger partial charge in [-0.1, -0.05) is 71.4 Å². The van der Waals surface area contributed by atoms with E-state index in [0.717, 1.165) is 38.1 Å². The fraction of sp³-hybridized carbons (Fsp3) is 0.355. The first-order chi connectivity index (χ1) is 19.4. The first-order valence-electron chi connectivity index (χ1n) is 13.4. The van der Waals surface area contributed by atoms with Crippen molar-refractivity contribution in [3.05, 3.63) is 94.0 Å². The molecule has 0 spiro atoms. The highest BCUT2D eigenvalue weighted by molar-refractivity contribution is 9.10. The largest absolute Gasteiger partial charge is 0.495 e. The quantitative estimate of drug-likeness (QED) is 0.280. The molecule has 10 heteroatoms. The van der Waals surface area contributed by atoms with Crippen LogP contribution in [-0.4, -0.2) is 57.1 Å². The van der Waals surface area contributed by atoms with Crippen molar-refractivity contribution in [1.82, 2.24) is 10.2 Å². The van der Waals surface area contributed by atoms with Crippen LogP contribution in [0.25, 0.3) is 0 Å². The number of aryl methyl sites for hydroxylation is 1. The zero-order valence-electron chi connectivity index (χ0n) is 24.1. The van der Waals surface area contributed by atoms with Crippen molar-refractivity contribution in [2.24, 2.45) is 0 Å². The number of nitrogens with zero attached hydrogens (tertiary/aromatic N) is 2. The summed E-state index contributed by atoms with van der Waals surface area (Å²) in [5.74, 6) is -0.493. The number of hydrogen-bond acceptors (Lipinski definition) is 5. The Morgan fingerprint density at radius 2 is 1.68 bits per heavy atom. The van der Waals surface area contributed by atoms with Crippen molar-refractivity contribution in [3.8, 4) is 5.75 Å². The van der Waals surface area contributed by atoms with E-state index in [1.54, 1.807) is 18.2 Å². The summed E-state index contributed by atoms with van der Waals surface area (Å²) in [6.45, 7) is 5.31. The maximum atomic E-state index is 14.2. The number of methoxy groups -OCH3 is 1. The van der Waals surface area contributed by atoms with Crippen molar-refractivity contribution >= 4 is 43.5 Å². The minimum atomic E-state index is -3.91. The van der Waals surface area contributed by atoms with Gasteiger partial charge in [0.15, 0.2) is 0 Å². The van der Waals surface area contributed by atoms with Gasteiger partial charge in [0.05, 0.1) is 19.1 Å². The summed E-state index contributed by atoms with van der Waals surface area (Å²) < 4.78 is 33.4. The van der Waals surface area contributed by atoms with E-state index in [4.69, 9.17) is 4.74 Å². The van der Waals surface area contributed by atoms with Crippen LogP contribution in [0.1, 0.15) is 37.0 Å². The van der Waals surface area contributed by atoms with Gasteiger partial charge in [0.25, 0.3) is 0 Å². The molecular weight excluding hydrogens is 606 g/mol. The number of carbonyl (C=O) groups is 2. The van der Waals surface area contributed by atoms with Crippen molar-refractivity contribution < 1.29 is 22.7 Å². The van der Waals surface area contributed by atoms with Crippen molar-refractivity contribution in [2.45, 2.75) is 52.2 Å². The molecule has 0 saturated heterocycles. The second-order valence-corrected chi connectivity index (χ2v) is 12.9. The average molecular weight is 645 g/mol. The topological polar surface area (TPSA) is 96.0 Å². The number of halogens is 1. The predicted molar refractivity (Wildman–Crippen MR) is 166 cm³/mol. The molecule has 3 aromatic carbocycles. The molecule has 0 radical (unpaired) electrons. The zero-order valence-corrected chi connectivity index (χ0v) is 26.5. The lowest BCUT2D eigenvalue weighted by Gasteiger charge is -2.34. The van der Waals surface area contributed by atoms with Gasteiger partial charge in [-0.05, 0) is 61.2 Å². The van der Waals surface area contributed by atoms with Crippen molar-refractivity contribution in [2.75, 3.05) is 24.2 Å². The van der Waals surface area contributed by atoms with Gasteiger partial charge in [-0.3, -0.25) is 13.9 Å². The molecule has 3 aromatic rings. The molecule has 0 unspecified atom stereocenters. The van der Waals surface area contributed by atoms with E-state index < -0.39 is 28.5 Å². The summed E-state index contributed by atoms with van der Waals surface area (Å²) in [7, 11) is -2.46. The summed E-state index contributed by atoms with van der Waals surface area (Å²) in [6.07, 6.45) is 2.03. The van der Waals surface area contributed by atoms with Gasteiger partial charge in [-0.2, -0.15) is 0 Å². The lowest BCUT2D eigenvalue weighted by atomic mass is 10.0. The van der Waals surface area contributed by atoms with Crippen LogP contribution < -0.4 is 14.4 Å². The summed E-state index contributed by atoms with van der Waals surface area (Å²) >= 11 is 3.49. The molecule has 0 aliphatic carbocycles. The van der Waals surface area contributed by atoms with Crippen molar-refractivity contribution in [3.63, 3.8) is 0 Å². The van der Waals surface area contributed by atoms with E-state index in [0.29, 0.717) is 5.75 Å². The fourth-order valence-electron chi connectivity index (χ4n) is 4.42. The molecule has 2 amide bonds. The van der Waals surface area contributed by atoms with Crippen LogP contribution in [0, 0.1) is 6.92 Å². The lowest BCUT2D eigenvalue weighted by Crippen LogP contribution is -2.54. The molecule has 0 aliphatic rings. The van der Waals surface area contributed by atoms with Crippen LogP contribution in [0.15, 0.2) is 77.3 Å². The molecule has 0 bridgehead atoms. The summed E-state index contributed by atoms with van der Waals surface area (Å²) in [6, 6.07) is 21.1. The van der Waals surface area contributed by atoms with Crippen LogP contribution >= 0.6 is 15.9 Å². The molecule has 0 saturated carbocycles. The molecule has 3 rings (SSSR count). The Morgan fingerprint density at radius 1 is 1.00 bits per heavy atom. The molecular formula is C31H38BrN3O5S. The molecule has 0 aliphatic heterocycles. The number of sulfonamides is 1. The summed E-state index contributed by atoms with van der Waals surface area (Å²) in [5.41, 5.74) is 2.74. The molecule has 8 nitrogen and oxygen atoms in total. The highest BCUT2D eigenvalue weighted by Crippen LogP contribution is 2.31. The maximum absolute atomic E-state index is 14.2. The van der Waals surface area contributed by atoms with E-state index in [1.807, 2.05) is 75.4 Å². The summed E-state index contributed by atoms with van der Waals surface area (Å²) in [4.78, 5) is 29.5. The number of nitrogens with one attached hydrogen (secondary N) is 1. The van der Waals surface area contributed by atoms with Crippen LogP contribution in [0.3, 0.4) is 0 Å². The molecule has 0 heterocycles. The molecule has 1 N–H and O–H groups in total. The Labute approximate surface area is 251 Å². The SMILES string of the molecule is CC[C@H](C)NC(=O)[C@@H](Cc1ccccc1)N(Cc1cccc(Br)c1)C(=O)CN(c1cc(C)ccc1OC)S(C)(=O)=O. The molecule has 0 fully saturated rings. The second kappa shape index (κ2) is 14.5. The van der Waals surface area contributed by atoms with Gasteiger partial charge in [0.2, 0.25) is 21.8 Å². The number of ether oxygens (including phenoxy) is 1. The third-order valence-corrected chi connectivity index (χ3v) is 8.42. The summed E-state index contributed by atoms with van der Waals surface area (Å²) in [5, 5.41) is 3.03. The van der Waals surface area contributed by atoms with Crippen LogP contribution in [0.2, 0.25) is 0 Å². The molecule has 2 atom stereocenters. The fourth-order valence-corrected chi connectivity index (χ4v) is 5.71. The van der Waals surface area contributed by atoms with Crippen LogP contribution in [-0.2, 0) is 32.6 Å². The van der Waals surface area contributed by atoms with E-state index in [2.05, 4.69) is 21.2 Å². The maximum Gasteiger partial charge on any atom is 0.244 e. The monoisotopic (exact) mass is 643 g/mol. The second-order valence-electron chi connectivity index (χ2n) is 10.1. The van der Waals surface area contributed by atoms with Gasteiger partial charge in [-0.25, -0.2) is 8.42 Å².